The molecule has 3 N–H and O–H groups in total. The van der Waals surface area contributed by atoms with Crippen molar-refractivity contribution in [2.45, 2.75) is 37.2 Å². The molecule has 1 aromatic rings. The Morgan fingerprint density at radius 3 is 2.79 bits per heavy atom. The van der Waals surface area contributed by atoms with E-state index < -0.39 is 10.0 Å². The van der Waals surface area contributed by atoms with Crippen LogP contribution in [0.4, 0.5) is 0 Å². The van der Waals surface area contributed by atoms with Crippen molar-refractivity contribution >= 4 is 10.0 Å². The second-order valence-electron chi connectivity index (χ2n) is 4.89. The molecule has 0 bridgehead atoms. The van der Waals surface area contributed by atoms with Crippen LogP contribution in [0.2, 0.25) is 0 Å². The summed E-state index contributed by atoms with van der Waals surface area (Å²) in [7, 11) is -3.51. The van der Waals surface area contributed by atoms with Gasteiger partial charge in [0.1, 0.15) is 0 Å². The molecule has 1 aromatic carbocycles. The van der Waals surface area contributed by atoms with Gasteiger partial charge in [0.05, 0.1) is 11.5 Å². The van der Waals surface area contributed by atoms with Crippen molar-refractivity contribution in [2.24, 2.45) is 5.73 Å². The fourth-order valence-electron chi connectivity index (χ4n) is 2.50. The first-order chi connectivity index (χ1) is 9.00. The van der Waals surface area contributed by atoms with Gasteiger partial charge in [0.25, 0.3) is 0 Å². The van der Waals surface area contributed by atoms with Gasteiger partial charge in [-0.05, 0) is 43.0 Å². The van der Waals surface area contributed by atoms with Crippen LogP contribution in [0.1, 0.15) is 24.0 Å². The lowest BCUT2D eigenvalue weighted by atomic mass is 10.1. The van der Waals surface area contributed by atoms with Crippen LogP contribution in [0, 0.1) is 6.92 Å². The normalized spacial score (nSPS) is 20.9. The number of sulfonamides is 1. The monoisotopic (exact) mass is 284 g/mol. The molecule has 0 amide bonds. The fourth-order valence-corrected chi connectivity index (χ4v) is 4.27. The summed E-state index contributed by atoms with van der Waals surface area (Å²) in [5.41, 5.74) is 7.40. The third-order valence-electron chi connectivity index (χ3n) is 3.67. The SMILES string of the molecule is Cc1cc(S(=O)(=O)N2CCCC2CO)ccc1CN. The predicted molar refractivity (Wildman–Crippen MR) is 73.1 cm³/mol. The molecule has 1 aliphatic heterocycles. The molecule has 0 aliphatic carbocycles. The molecule has 1 fully saturated rings. The zero-order valence-electron chi connectivity index (χ0n) is 11.0. The first-order valence-corrected chi connectivity index (χ1v) is 7.87. The summed E-state index contributed by atoms with van der Waals surface area (Å²) in [6.07, 6.45) is 1.51. The minimum atomic E-state index is -3.51. The van der Waals surface area contributed by atoms with Crippen molar-refractivity contribution in [2.75, 3.05) is 13.2 Å². The lowest BCUT2D eigenvalue weighted by molar-refractivity contribution is 0.213. The number of nitrogens with zero attached hydrogens (tertiary/aromatic N) is 1. The molecule has 106 valence electrons. The summed E-state index contributed by atoms with van der Waals surface area (Å²) in [5.74, 6) is 0. The van der Waals surface area contributed by atoms with Crippen LogP contribution in [0.15, 0.2) is 23.1 Å². The maximum Gasteiger partial charge on any atom is 0.243 e. The number of hydrogen-bond acceptors (Lipinski definition) is 4. The molecule has 1 aliphatic rings. The predicted octanol–water partition coefficient (Wildman–Crippen LogP) is 0.599. The molecule has 0 spiro atoms. The average molecular weight is 284 g/mol. The van der Waals surface area contributed by atoms with Crippen LogP contribution in [0.3, 0.4) is 0 Å². The van der Waals surface area contributed by atoms with Gasteiger partial charge in [0.2, 0.25) is 10.0 Å². The van der Waals surface area contributed by atoms with Gasteiger partial charge in [0, 0.05) is 19.1 Å². The van der Waals surface area contributed by atoms with Crippen molar-refractivity contribution in [1.29, 1.82) is 0 Å². The van der Waals surface area contributed by atoms with Gasteiger partial charge >= 0.3 is 0 Å². The Hall–Kier alpha value is -0.950. The van der Waals surface area contributed by atoms with Gasteiger partial charge in [0.15, 0.2) is 0 Å². The van der Waals surface area contributed by atoms with E-state index in [1.165, 1.54) is 4.31 Å². The summed E-state index contributed by atoms with van der Waals surface area (Å²) >= 11 is 0. The number of rotatable bonds is 4. The van der Waals surface area contributed by atoms with Gasteiger partial charge in [-0.25, -0.2) is 8.42 Å². The molecular weight excluding hydrogens is 264 g/mol. The summed E-state index contributed by atoms with van der Waals surface area (Å²) in [6.45, 7) is 2.61. The number of nitrogens with two attached hydrogens (primary N) is 1. The smallest absolute Gasteiger partial charge is 0.243 e. The standard InChI is InChI=1S/C13H20N2O3S/c1-10-7-13(5-4-11(10)8-14)19(17,18)15-6-2-3-12(15)9-16/h4-5,7,12,16H,2-3,6,8-9,14H2,1H3. The van der Waals surface area contributed by atoms with Gasteiger partial charge in [-0.3, -0.25) is 0 Å². The minimum Gasteiger partial charge on any atom is -0.395 e. The molecule has 1 heterocycles. The van der Waals surface area contributed by atoms with E-state index >= 15 is 0 Å². The summed E-state index contributed by atoms with van der Waals surface area (Å²) < 4.78 is 26.5. The number of hydrogen-bond donors (Lipinski definition) is 2. The molecule has 0 saturated carbocycles. The summed E-state index contributed by atoms with van der Waals surface area (Å²) in [5, 5.41) is 9.26. The largest absolute Gasteiger partial charge is 0.395 e. The molecule has 1 atom stereocenters. The number of aliphatic hydroxyl groups excluding tert-OH is 1. The van der Waals surface area contributed by atoms with Crippen LogP contribution in [0.5, 0.6) is 0 Å². The minimum absolute atomic E-state index is 0.126. The van der Waals surface area contributed by atoms with Crippen molar-refractivity contribution < 1.29 is 13.5 Å². The van der Waals surface area contributed by atoms with E-state index in [0.717, 1.165) is 24.0 Å². The fraction of sp³-hybridized carbons (Fsp3) is 0.538. The van der Waals surface area contributed by atoms with Crippen LogP contribution in [-0.4, -0.2) is 37.0 Å². The molecule has 6 heteroatoms. The summed E-state index contributed by atoms with van der Waals surface area (Å²) in [6, 6.07) is 4.72. The first-order valence-electron chi connectivity index (χ1n) is 6.43. The first kappa shape index (κ1) is 14.5. The molecule has 1 unspecified atom stereocenters. The summed E-state index contributed by atoms with van der Waals surface area (Å²) in [4.78, 5) is 0.280. The third-order valence-corrected chi connectivity index (χ3v) is 5.62. The van der Waals surface area contributed by atoms with Crippen LogP contribution < -0.4 is 5.73 Å². The highest BCUT2D eigenvalue weighted by molar-refractivity contribution is 7.89. The highest BCUT2D eigenvalue weighted by Crippen LogP contribution is 2.26. The molecular formula is C13H20N2O3S. The van der Waals surface area contributed by atoms with E-state index in [4.69, 9.17) is 5.73 Å². The Balaban J connectivity index is 2.37. The number of aryl methyl sites for hydroxylation is 1. The Bertz CT molecular complexity index is 557. The third kappa shape index (κ3) is 2.67. The van der Waals surface area contributed by atoms with Crippen LogP contribution in [-0.2, 0) is 16.6 Å². The molecule has 2 rings (SSSR count). The quantitative estimate of drug-likeness (QED) is 0.848. The lowest BCUT2D eigenvalue weighted by Gasteiger charge is -2.22. The zero-order chi connectivity index (χ0) is 14.0. The topological polar surface area (TPSA) is 83.6 Å². The van der Waals surface area contributed by atoms with Crippen molar-refractivity contribution in [3.05, 3.63) is 29.3 Å². The van der Waals surface area contributed by atoms with Gasteiger partial charge in [-0.15, -0.1) is 0 Å². The lowest BCUT2D eigenvalue weighted by Crippen LogP contribution is -2.37. The average Bonchev–Trinajstić information content (AvgIpc) is 2.87. The molecule has 1 saturated heterocycles. The van der Waals surface area contributed by atoms with Gasteiger partial charge in [-0.2, -0.15) is 4.31 Å². The molecule has 5 nitrogen and oxygen atoms in total. The van der Waals surface area contributed by atoms with E-state index in [1.807, 2.05) is 6.92 Å². The number of benzene rings is 1. The molecule has 0 aromatic heterocycles. The molecule has 0 radical (unpaired) electrons. The van der Waals surface area contributed by atoms with Crippen LogP contribution >= 0.6 is 0 Å². The van der Waals surface area contributed by atoms with Gasteiger partial charge in [-0.1, -0.05) is 6.07 Å². The van der Waals surface area contributed by atoms with E-state index in [9.17, 15) is 13.5 Å². The van der Waals surface area contributed by atoms with Crippen LogP contribution in [0.25, 0.3) is 0 Å². The highest BCUT2D eigenvalue weighted by Gasteiger charge is 2.34. The Morgan fingerprint density at radius 1 is 1.47 bits per heavy atom. The maximum atomic E-state index is 12.5. The Kier molecular flexibility index (Phi) is 4.25. The van der Waals surface area contributed by atoms with Gasteiger partial charge < -0.3 is 10.8 Å². The van der Waals surface area contributed by atoms with E-state index in [2.05, 4.69) is 0 Å². The van der Waals surface area contributed by atoms with E-state index in [-0.39, 0.29) is 17.5 Å². The second kappa shape index (κ2) is 5.58. The zero-order valence-corrected chi connectivity index (χ0v) is 11.9. The van der Waals surface area contributed by atoms with E-state index in [0.29, 0.717) is 13.1 Å². The second-order valence-corrected chi connectivity index (χ2v) is 6.78. The van der Waals surface area contributed by atoms with Crippen molar-refractivity contribution in [3.63, 3.8) is 0 Å². The Morgan fingerprint density at radius 2 is 2.21 bits per heavy atom. The molecule has 19 heavy (non-hydrogen) atoms. The maximum absolute atomic E-state index is 12.5. The van der Waals surface area contributed by atoms with Crippen molar-refractivity contribution in [3.8, 4) is 0 Å². The Labute approximate surface area is 114 Å². The number of aliphatic hydroxyl groups is 1. The van der Waals surface area contributed by atoms with Crippen molar-refractivity contribution in [1.82, 2.24) is 4.31 Å². The highest BCUT2D eigenvalue weighted by atomic mass is 32.2. The van der Waals surface area contributed by atoms with E-state index in [1.54, 1.807) is 18.2 Å².